The Balaban J connectivity index is 2.89. The first-order valence-corrected chi connectivity index (χ1v) is 6.40. The molecule has 2 atom stereocenters. The summed E-state index contributed by atoms with van der Waals surface area (Å²) in [6.45, 7) is 3.51. The van der Waals surface area contributed by atoms with Crippen molar-refractivity contribution in [2.24, 2.45) is 5.92 Å². The summed E-state index contributed by atoms with van der Waals surface area (Å²) >= 11 is 0. The van der Waals surface area contributed by atoms with Crippen molar-refractivity contribution < 1.29 is 18.7 Å². The van der Waals surface area contributed by atoms with Crippen molar-refractivity contribution >= 4 is 11.7 Å². The van der Waals surface area contributed by atoms with Crippen LogP contribution in [0.4, 0.5) is 4.39 Å². The smallest absolute Gasteiger partial charge is 0.245 e. The first-order valence-electron chi connectivity index (χ1n) is 6.40. The lowest BCUT2D eigenvalue weighted by atomic mass is 9.97. The van der Waals surface area contributed by atoms with Crippen LogP contribution < -0.4 is 5.32 Å². The van der Waals surface area contributed by atoms with E-state index in [1.807, 2.05) is 0 Å². The second-order valence-corrected chi connectivity index (χ2v) is 4.76. The lowest BCUT2D eigenvalue weighted by Gasteiger charge is -2.15. The van der Waals surface area contributed by atoms with Gasteiger partial charge in [0.15, 0.2) is 11.7 Å². The zero-order valence-corrected chi connectivity index (χ0v) is 12.1. The van der Waals surface area contributed by atoms with Gasteiger partial charge in [0.25, 0.3) is 0 Å². The van der Waals surface area contributed by atoms with Gasteiger partial charge in [-0.1, -0.05) is 12.1 Å². The molecule has 0 saturated carbocycles. The molecule has 1 aromatic carbocycles. The molecule has 0 aliphatic carbocycles. The number of methoxy groups -OCH3 is 1. The van der Waals surface area contributed by atoms with Crippen LogP contribution in [0.5, 0.6) is 0 Å². The van der Waals surface area contributed by atoms with Gasteiger partial charge < -0.3 is 10.1 Å². The van der Waals surface area contributed by atoms with E-state index in [9.17, 15) is 14.0 Å². The molecule has 5 nitrogen and oxygen atoms in total. The number of nitrogens with one attached hydrogen (secondary N) is 1. The second-order valence-electron chi connectivity index (χ2n) is 4.76. The molecule has 112 valence electrons. The van der Waals surface area contributed by atoms with Crippen molar-refractivity contribution in [3.05, 3.63) is 35.1 Å². The fourth-order valence-electron chi connectivity index (χ4n) is 1.77. The molecule has 0 spiro atoms. The van der Waals surface area contributed by atoms with Crippen LogP contribution in [0.25, 0.3) is 0 Å². The summed E-state index contributed by atoms with van der Waals surface area (Å²) in [5.74, 6) is -3.50. The van der Waals surface area contributed by atoms with Crippen LogP contribution in [0.15, 0.2) is 18.2 Å². The topological polar surface area (TPSA) is 79.2 Å². The summed E-state index contributed by atoms with van der Waals surface area (Å²) < 4.78 is 18.3. The number of hydrogen-bond acceptors (Lipinski definition) is 4. The molecule has 0 bridgehead atoms. The number of aryl methyl sites for hydroxylation is 1. The summed E-state index contributed by atoms with van der Waals surface area (Å²) in [6, 6.07) is 5.19. The molecular formula is C15H17FN2O3. The minimum absolute atomic E-state index is 0.000746. The highest BCUT2D eigenvalue weighted by molar-refractivity contribution is 6.12. The first kappa shape index (κ1) is 16.8. The average Bonchev–Trinajstić information content (AvgIpc) is 2.42. The number of ketones is 1. The molecule has 0 heterocycles. The summed E-state index contributed by atoms with van der Waals surface area (Å²) in [6.07, 6.45) is 0. The van der Waals surface area contributed by atoms with Gasteiger partial charge in [-0.2, -0.15) is 5.26 Å². The molecule has 0 radical (unpaired) electrons. The minimum atomic E-state index is -1.51. The maximum absolute atomic E-state index is 13.5. The average molecular weight is 292 g/mol. The lowest BCUT2D eigenvalue weighted by molar-refractivity contribution is -0.123. The molecule has 0 aliphatic heterocycles. The van der Waals surface area contributed by atoms with Crippen molar-refractivity contribution in [3.63, 3.8) is 0 Å². The molecule has 1 aromatic rings. The van der Waals surface area contributed by atoms with E-state index >= 15 is 0 Å². The highest BCUT2D eigenvalue weighted by Gasteiger charge is 2.28. The number of ether oxygens (including phenoxy) is 1. The third-order valence-electron chi connectivity index (χ3n) is 2.92. The molecule has 1 N–H and O–H groups in total. The van der Waals surface area contributed by atoms with Crippen molar-refractivity contribution in [2.45, 2.75) is 19.9 Å². The van der Waals surface area contributed by atoms with E-state index in [2.05, 4.69) is 5.32 Å². The normalized spacial score (nSPS) is 13.1. The lowest BCUT2D eigenvalue weighted by Crippen LogP contribution is -2.41. The number of benzene rings is 1. The number of amides is 1. The SMILES string of the molecule is COC[C@@H](C)NC(=O)[C@H](C#N)C(=O)c1ccc(C)c(F)c1. The zero-order valence-electron chi connectivity index (χ0n) is 12.1. The van der Waals surface area contributed by atoms with Crippen molar-refractivity contribution in [1.82, 2.24) is 5.32 Å². The van der Waals surface area contributed by atoms with E-state index in [4.69, 9.17) is 10.00 Å². The maximum atomic E-state index is 13.5. The Morgan fingerprint density at radius 1 is 1.48 bits per heavy atom. The van der Waals surface area contributed by atoms with Gasteiger partial charge in [0.1, 0.15) is 5.82 Å². The van der Waals surface area contributed by atoms with Crippen LogP contribution in [0.1, 0.15) is 22.8 Å². The Morgan fingerprint density at radius 3 is 2.67 bits per heavy atom. The van der Waals surface area contributed by atoms with Gasteiger partial charge in [0.05, 0.1) is 12.7 Å². The number of nitriles is 1. The Bertz CT molecular complexity index is 581. The van der Waals surface area contributed by atoms with Crippen molar-refractivity contribution in [2.75, 3.05) is 13.7 Å². The predicted molar refractivity (Wildman–Crippen MR) is 74.1 cm³/mol. The van der Waals surface area contributed by atoms with E-state index in [-0.39, 0.29) is 18.2 Å². The Morgan fingerprint density at radius 2 is 2.14 bits per heavy atom. The maximum Gasteiger partial charge on any atom is 0.245 e. The van der Waals surface area contributed by atoms with E-state index < -0.39 is 23.4 Å². The van der Waals surface area contributed by atoms with E-state index in [1.165, 1.54) is 19.2 Å². The molecule has 6 heteroatoms. The van der Waals surface area contributed by atoms with Crippen LogP contribution in [-0.2, 0) is 9.53 Å². The molecule has 0 aromatic heterocycles. The van der Waals surface area contributed by atoms with E-state index in [0.717, 1.165) is 6.07 Å². The van der Waals surface area contributed by atoms with Gasteiger partial charge in [0, 0.05) is 18.7 Å². The predicted octanol–water partition coefficient (Wildman–Crippen LogP) is 1.61. The van der Waals surface area contributed by atoms with Crippen molar-refractivity contribution in [3.8, 4) is 6.07 Å². The third-order valence-corrected chi connectivity index (χ3v) is 2.92. The number of halogens is 1. The van der Waals surface area contributed by atoms with Gasteiger partial charge in [-0.05, 0) is 25.5 Å². The standard InChI is InChI=1S/C15H17FN2O3/c1-9-4-5-11(6-13(9)16)14(19)12(7-17)15(20)18-10(2)8-21-3/h4-6,10,12H,8H2,1-3H3,(H,18,20)/t10-,12-/m1/s1. The number of carbonyl (C=O) groups is 2. The number of hydrogen-bond donors (Lipinski definition) is 1. The van der Waals surface area contributed by atoms with Crippen LogP contribution in [0, 0.1) is 30.0 Å². The fourth-order valence-corrected chi connectivity index (χ4v) is 1.77. The van der Waals surface area contributed by atoms with Gasteiger partial charge in [-0.3, -0.25) is 9.59 Å². The minimum Gasteiger partial charge on any atom is -0.383 e. The summed E-state index contributed by atoms with van der Waals surface area (Å²) in [7, 11) is 1.48. The van der Waals surface area contributed by atoms with Crippen LogP contribution in [0.2, 0.25) is 0 Å². The number of Topliss-reactive ketones (excluding diaryl/α,β-unsaturated/α-hetero) is 1. The Hall–Kier alpha value is -2.26. The van der Waals surface area contributed by atoms with E-state index in [0.29, 0.717) is 5.56 Å². The highest BCUT2D eigenvalue weighted by atomic mass is 19.1. The number of rotatable bonds is 6. The fraction of sp³-hybridized carbons (Fsp3) is 0.400. The molecule has 0 unspecified atom stereocenters. The number of nitrogens with zero attached hydrogens (tertiary/aromatic N) is 1. The monoisotopic (exact) mass is 292 g/mol. The zero-order chi connectivity index (χ0) is 16.0. The Labute approximate surface area is 122 Å². The van der Waals surface area contributed by atoms with Gasteiger partial charge in [0.2, 0.25) is 5.91 Å². The third kappa shape index (κ3) is 4.36. The van der Waals surface area contributed by atoms with Crippen LogP contribution >= 0.6 is 0 Å². The highest BCUT2D eigenvalue weighted by Crippen LogP contribution is 2.14. The molecule has 1 rings (SSSR count). The summed E-state index contributed by atoms with van der Waals surface area (Å²) in [4.78, 5) is 24.1. The molecule has 21 heavy (non-hydrogen) atoms. The quantitative estimate of drug-likeness (QED) is 0.638. The molecule has 1 amide bonds. The molecule has 0 saturated heterocycles. The Kier molecular flexibility index (Phi) is 6.00. The molecule has 0 fully saturated rings. The summed E-state index contributed by atoms with van der Waals surface area (Å²) in [5, 5.41) is 11.5. The second kappa shape index (κ2) is 7.50. The first-order chi connectivity index (χ1) is 9.90. The summed E-state index contributed by atoms with van der Waals surface area (Å²) in [5.41, 5.74) is 0.387. The largest absolute Gasteiger partial charge is 0.383 e. The number of carbonyl (C=O) groups excluding carboxylic acids is 2. The van der Waals surface area contributed by atoms with Gasteiger partial charge >= 0.3 is 0 Å². The van der Waals surface area contributed by atoms with Gasteiger partial charge in [-0.15, -0.1) is 0 Å². The van der Waals surface area contributed by atoms with Gasteiger partial charge in [-0.25, -0.2) is 4.39 Å². The molecule has 0 aliphatic rings. The van der Waals surface area contributed by atoms with E-state index in [1.54, 1.807) is 19.9 Å². The van der Waals surface area contributed by atoms with Crippen molar-refractivity contribution in [1.29, 1.82) is 5.26 Å². The van der Waals surface area contributed by atoms with Crippen LogP contribution in [-0.4, -0.2) is 31.4 Å². The van der Waals surface area contributed by atoms with Crippen LogP contribution in [0.3, 0.4) is 0 Å². The molecular weight excluding hydrogens is 275 g/mol.